The van der Waals surface area contributed by atoms with Gasteiger partial charge in [-0.3, -0.25) is 9.36 Å². The van der Waals surface area contributed by atoms with Crippen LogP contribution in [0, 0.1) is 0 Å². The molecule has 36 heavy (non-hydrogen) atoms. The van der Waals surface area contributed by atoms with Gasteiger partial charge < -0.3 is 18.9 Å². The molecule has 2 heterocycles. The number of methoxy groups -OCH3 is 3. The molecule has 1 atom stereocenters. The second-order valence-corrected chi connectivity index (χ2v) is 9.26. The molecule has 0 saturated heterocycles. The fraction of sp³-hybridized carbons (Fsp3) is 0.269. The molecule has 0 radical (unpaired) electrons. The zero-order chi connectivity index (χ0) is 26.0. The fourth-order valence-electron chi connectivity index (χ4n) is 4.09. The smallest absolute Gasteiger partial charge is 0.338 e. The minimum absolute atomic E-state index is 0.203. The van der Waals surface area contributed by atoms with Gasteiger partial charge in [-0.25, -0.2) is 9.79 Å². The first-order valence-corrected chi connectivity index (χ1v) is 12.3. The predicted molar refractivity (Wildman–Crippen MR) is 138 cm³/mol. The lowest BCUT2D eigenvalue weighted by Gasteiger charge is -2.24. The van der Waals surface area contributed by atoms with Crippen LogP contribution in [0.1, 0.15) is 31.0 Å². The maximum atomic E-state index is 13.7. The van der Waals surface area contributed by atoms with Crippen LogP contribution in [0.15, 0.2) is 57.5 Å². The number of nitrogens with zero attached hydrogens (tertiary/aromatic N) is 2. The molecule has 0 saturated carbocycles. The molecule has 8 nitrogen and oxygen atoms in total. The van der Waals surface area contributed by atoms with Crippen LogP contribution in [0.5, 0.6) is 17.2 Å². The van der Waals surface area contributed by atoms with Crippen LogP contribution >= 0.6 is 22.9 Å². The van der Waals surface area contributed by atoms with Gasteiger partial charge in [0.1, 0.15) is 0 Å². The van der Waals surface area contributed by atoms with E-state index in [-0.39, 0.29) is 12.2 Å². The van der Waals surface area contributed by atoms with E-state index in [1.165, 1.54) is 37.2 Å². The van der Waals surface area contributed by atoms with Gasteiger partial charge in [0, 0.05) is 5.02 Å². The number of allylic oxidation sites excluding steroid dienone is 1. The molecule has 0 spiro atoms. The average molecular weight is 529 g/mol. The Labute approximate surface area is 216 Å². The summed E-state index contributed by atoms with van der Waals surface area (Å²) in [6, 6.07) is 9.83. The van der Waals surface area contributed by atoms with Crippen molar-refractivity contribution in [1.82, 2.24) is 4.57 Å². The molecule has 1 aliphatic heterocycles. The highest BCUT2D eigenvalue weighted by molar-refractivity contribution is 7.07. The zero-order valence-electron chi connectivity index (χ0n) is 20.5. The quantitative estimate of drug-likeness (QED) is 0.436. The van der Waals surface area contributed by atoms with Crippen molar-refractivity contribution in [3.8, 4) is 17.2 Å². The number of esters is 1. The van der Waals surface area contributed by atoms with E-state index < -0.39 is 12.0 Å². The Hall–Kier alpha value is -3.56. The van der Waals surface area contributed by atoms with E-state index in [0.717, 1.165) is 5.56 Å². The highest BCUT2D eigenvalue weighted by Crippen LogP contribution is 2.38. The maximum absolute atomic E-state index is 13.7. The Morgan fingerprint density at radius 3 is 2.31 bits per heavy atom. The van der Waals surface area contributed by atoms with Crippen molar-refractivity contribution < 1.29 is 23.7 Å². The van der Waals surface area contributed by atoms with E-state index in [0.29, 0.717) is 48.4 Å². The van der Waals surface area contributed by atoms with E-state index in [2.05, 4.69) is 4.99 Å². The molecule has 1 aliphatic rings. The number of fused-ring (bicyclic) bond motifs is 1. The van der Waals surface area contributed by atoms with E-state index in [4.69, 9.17) is 30.5 Å². The van der Waals surface area contributed by atoms with Gasteiger partial charge in [0.25, 0.3) is 5.56 Å². The number of halogens is 1. The number of thiazole rings is 1. The van der Waals surface area contributed by atoms with Gasteiger partial charge in [-0.05, 0) is 55.3 Å². The molecular formula is C26H25ClN2O6S. The van der Waals surface area contributed by atoms with Crippen LogP contribution in [0.3, 0.4) is 0 Å². The lowest BCUT2D eigenvalue weighted by Crippen LogP contribution is -2.39. The van der Waals surface area contributed by atoms with Crippen LogP contribution in [0.4, 0.5) is 0 Å². The number of aromatic nitrogens is 1. The van der Waals surface area contributed by atoms with Crippen molar-refractivity contribution in [1.29, 1.82) is 0 Å². The number of carbonyl (C=O) groups is 1. The Morgan fingerprint density at radius 2 is 1.75 bits per heavy atom. The number of hydrogen-bond donors (Lipinski definition) is 0. The van der Waals surface area contributed by atoms with Crippen molar-refractivity contribution in [3.05, 3.63) is 83.5 Å². The van der Waals surface area contributed by atoms with Gasteiger partial charge in [0.15, 0.2) is 16.3 Å². The monoisotopic (exact) mass is 528 g/mol. The SMILES string of the molecule is CCOC(=O)C1=C(C)N=c2s/c(=C\c3cc(OC)c(OC)c(OC)c3)c(=O)n2[C@@H]1c1ccc(Cl)cc1. The Kier molecular flexibility index (Phi) is 7.51. The second kappa shape index (κ2) is 10.6. The molecular weight excluding hydrogens is 504 g/mol. The highest BCUT2D eigenvalue weighted by Gasteiger charge is 2.33. The summed E-state index contributed by atoms with van der Waals surface area (Å²) >= 11 is 7.33. The fourth-order valence-corrected chi connectivity index (χ4v) is 5.26. The molecule has 0 N–H and O–H groups in total. The predicted octanol–water partition coefficient (Wildman–Crippen LogP) is 3.48. The summed E-state index contributed by atoms with van der Waals surface area (Å²) in [5.74, 6) is 0.874. The van der Waals surface area contributed by atoms with E-state index >= 15 is 0 Å². The van der Waals surface area contributed by atoms with Crippen molar-refractivity contribution in [2.75, 3.05) is 27.9 Å². The van der Waals surface area contributed by atoms with Gasteiger partial charge >= 0.3 is 5.97 Å². The zero-order valence-corrected chi connectivity index (χ0v) is 22.0. The van der Waals surface area contributed by atoms with Crippen LogP contribution in [0.2, 0.25) is 5.02 Å². The summed E-state index contributed by atoms with van der Waals surface area (Å²) in [5, 5.41) is 0.548. The molecule has 188 valence electrons. The summed E-state index contributed by atoms with van der Waals surface area (Å²) in [6.07, 6.45) is 1.73. The summed E-state index contributed by atoms with van der Waals surface area (Å²) in [7, 11) is 4.58. The minimum Gasteiger partial charge on any atom is -0.493 e. The van der Waals surface area contributed by atoms with Crippen LogP contribution in [-0.2, 0) is 9.53 Å². The van der Waals surface area contributed by atoms with Crippen LogP contribution in [0.25, 0.3) is 6.08 Å². The molecule has 10 heteroatoms. The third-order valence-electron chi connectivity index (χ3n) is 5.69. The molecule has 1 aromatic heterocycles. The third-order valence-corrected chi connectivity index (χ3v) is 6.92. The normalized spacial score (nSPS) is 15.3. The van der Waals surface area contributed by atoms with Crippen molar-refractivity contribution >= 4 is 35.0 Å². The van der Waals surface area contributed by atoms with Crippen molar-refractivity contribution in [2.24, 2.45) is 4.99 Å². The molecule has 0 unspecified atom stereocenters. The van der Waals surface area contributed by atoms with E-state index in [1.54, 1.807) is 56.3 Å². The van der Waals surface area contributed by atoms with Crippen LogP contribution in [-0.4, -0.2) is 38.5 Å². The Morgan fingerprint density at radius 1 is 1.11 bits per heavy atom. The van der Waals surface area contributed by atoms with Crippen molar-refractivity contribution in [3.63, 3.8) is 0 Å². The van der Waals surface area contributed by atoms with E-state index in [1.807, 2.05) is 0 Å². The summed E-state index contributed by atoms with van der Waals surface area (Å²) < 4.78 is 23.5. The summed E-state index contributed by atoms with van der Waals surface area (Å²) in [5.41, 5.74) is 1.91. The lowest BCUT2D eigenvalue weighted by molar-refractivity contribution is -0.139. The molecule has 3 aromatic rings. The lowest BCUT2D eigenvalue weighted by atomic mass is 9.96. The number of carbonyl (C=O) groups excluding carboxylic acids is 1. The highest BCUT2D eigenvalue weighted by atomic mass is 35.5. The molecule has 0 bridgehead atoms. The van der Waals surface area contributed by atoms with Gasteiger partial charge in [-0.2, -0.15) is 0 Å². The molecule has 4 rings (SSSR count). The van der Waals surface area contributed by atoms with Crippen molar-refractivity contribution in [2.45, 2.75) is 19.9 Å². The largest absolute Gasteiger partial charge is 0.493 e. The second-order valence-electron chi connectivity index (χ2n) is 7.81. The minimum atomic E-state index is -0.709. The topological polar surface area (TPSA) is 88.4 Å². The number of rotatable bonds is 7. The standard InChI is InChI=1S/C26H25ClN2O6S/c1-6-35-25(31)21-14(2)28-26-29(22(21)16-7-9-17(27)10-8-16)24(30)20(36-26)13-15-11-18(32-3)23(34-5)19(12-15)33-4/h7-13,22H,6H2,1-5H3/b20-13-/t22-/m1/s1. The van der Waals surface area contributed by atoms with Crippen LogP contribution < -0.4 is 29.1 Å². The Bertz CT molecular complexity index is 1500. The first-order valence-electron chi connectivity index (χ1n) is 11.1. The number of benzene rings is 2. The molecule has 2 aromatic carbocycles. The first-order chi connectivity index (χ1) is 17.3. The number of ether oxygens (including phenoxy) is 4. The van der Waals surface area contributed by atoms with E-state index in [9.17, 15) is 9.59 Å². The molecule has 0 amide bonds. The van der Waals surface area contributed by atoms with Gasteiger partial charge in [-0.15, -0.1) is 0 Å². The number of hydrogen-bond acceptors (Lipinski definition) is 8. The van der Waals surface area contributed by atoms with Gasteiger partial charge in [0.05, 0.1) is 49.8 Å². The first kappa shape index (κ1) is 25.5. The maximum Gasteiger partial charge on any atom is 0.338 e. The Balaban J connectivity index is 1.94. The molecule has 0 aliphatic carbocycles. The third kappa shape index (κ3) is 4.64. The van der Waals surface area contributed by atoms with Gasteiger partial charge in [0.2, 0.25) is 5.75 Å². The summed E-state index contributed by atoms with van der Waals surface area (Å²) in [4.78, 5) is 31.7. The average Bonchev–Trinajstić information content (AvgIpc) is 3.17. The van der Waals surface area contributed by atoms with Gasteiger partial charge in [-0.1, -0.05) is 35.1 Å². The molecule has 0 fully saturated rings. The summed E-state index contributed by atoms with van der Waals surface area (Å²) in [6.45, 7) is 3.68.